The average molecular weight is 579 g/mol. The molecule has 2 fully saturated rings. The van der Waals surface area contributed by atoms with Crippen molar-refractivity contribution in [1.82, 2.24) is 24.5 Å². The van der Waals surface area contributed by atoms with Crippen LogP contribution in [0.5, 0.6) is 0 Å². The second-order valence-corrected chi connectivity index (χ2v) is 10.8. The summed E-state index contributed by atoms with van der Waals surface area (Å²) in [7, 11) is 0. The summed E-state index contributed by atoms with van der Waals surface area (Å²) >= 11 is 1.50. The number of nitrogens with one attached hydrogen (secondary N) is 2. The van der Waals surface area contributed by atoms with Gasteiger partial charge in [-0.3, -0.25) is 19.5 Å². The summed E-state index contributed by atoms with van der Waals surface area (Å²) in [6, 6.07) is 5.77. The minimum atomic E-state index is -0.285. The van der Waals surface area contributed by atoms with Crippen molar-refractivity contribution < 1.29 is 17.2 Å². The Morgan fingerprint density at radius 1 is 1.07 bits per heavy atom. The number of aromatic nitrogens is 4. The van der Waals surface area contributed by atoms with Crippen molar-refractivity contribution in [2.24, 2.45) is 0 Å². The number of fused-ring (bicyclic) bond motifs is 1. The number of rotatable bonds is 7. The molecule has 2 saturated heterocycles. The first-order valence-corrected chi connectivity index (χ1v) is 14.4. The maximum atomic E-state index is 13.3. The van der Waals surface area contributed by atoms with Crippen LogP contribution in [0, 0.1) is 6.92 Å². The van der Waals surface area contributed by atoms with Crippen LogP contribution in [0.25, 0.3) is 15.3 Å². The van der Waals surface area contributed by atoms with Gasteiger partial charge in [0.2, 0.25) is 5.91 Å². The summed E-state index contributed by atoms with van der Waals surface area (Å²) in [5.41, 5.74) is 3.23. The molecule has 0 saturated carbocycles. The standard InChI is InChI=1S/C27H30N8O3S.C2H4.2H2/c1-18-22(13-20(14-29-18)31-25(36)17-33-6-2-3-7-33)32-26(37)21-15-30-35-16-23(39-27(21)35)19-4-5-28-24(12-19)34-8-10-38-11-9-34;1-2;;/h4-5,12-16H,2-3,6-11,17H2,1H3,(H,31,36)(H,32,37);1-2H2;2*1H. The van der Waals surface area contributed by atoms with Crippen LogP contribution in [0.2, 0.25) is 0 Å². The number of morpholine rings is 1. The molecule has 2 aliphatic rings. The SMILES string of the molecule is C=C.Cc1ncc(NC(=O)CN2CCCC2)cc1NC(=O)c1cnn2cc(-c3ccnc(N4CCOCC4)c3)sc12.[HH].[HH]. The van der Waals surface area contributed by atoms with Gasteiger partial charge < -0.3 is 20.3 Å². The van der Waals surface area contributed by atoms with Crippen LogP contribution in [0.15, 0.2) is 56.1 Å². The molecular weight excluding hydrogens is 540 g/mol. The van der Waals surface area contributed by atoms with E-state index in [1.165, 1.54) is 11.3 Å². The van der Waals surface area contributed by atoms with Crippen LogP contribution in [0.4, 0.5) is 17.2 Å². The van der Waals surface area contributed by atoms with Crippen molar-refractivity contribution >= 4 is 45.2 Å². The smallest absolute Gasteiger partial charge is 0.260 e. The number of pyridine rings is 2. The number of carbonyl (C=O) groups excluding carboxylic acids is 2. The monoisotopic (exact) mass is 578 g/mol. The van der Waals surface area contributed by atoms with Gasteiger partial charge in [0.1, 0.15) is 10.6 Å². The number of ether oxygens (including phenoxy) is 1. The highest BCUT2D eigenvalue weighted by Gasteiger charge is 2.20. The number of likely N-dealkylation sites (tertiary alicyclic amines) is 1. The fourth-order valence-corrected chi connectivity index (χ4v) is 5.93. The van der Waals surface area contributed by atoms with Crippen LogP contribution >= 0.6 is 11.3 Å². The molecule has 0 radical (unpaired) electrons. The lowest BCUT2D eigenvalue weighted by molar-refractivity contribution is -0.117. The van der Waals surface area contributed by atoms with Gasteiger partial charge in [0.05, 0.1) is 59.7 Å². The predicted octanol–water partition coefficient (Wildman–Crippen LogP) is 4.58. The fraction of sp³-hybridized carbons (Fsp3) is 0.345. The Bertz CT molecular complexity index is 1530. The third-order valence-corrected chi connectivity index (χ3v) is 8.15. The Hall–Kier alpha value is -4.13. The third-order valence-electron chi connectivity index (χ3n) is 6.99. The Morgan fingerprint density at radius 2 is 1.85 bits per heavy atom. The van der Waals surface area contributed by atoms with E-state index in [0.717, 1.165) is 60.1 Å². The number of anilines is 3. The summed E-state index contributed by atoms with van der Waals surface area (Å²) < 4.78 is 7.18. The first kappa shape index (κ1) is 28.4. The van der Waals surface area contributed by atoms with E-state index in [9.17, 15) is 9.59 Å². The molecule has 2 amide bonds. The number of carbonyl (C=O) groups is 2. The van der Waals surface area contributed by atoms with E-state index in [2.05, 4.69) is 54.7 Å². The highest BCUT2D eigenvalue weighted by atomic mass is 32.1. The number of aryl methyl sites for hydroxylation is 1. The molecule has 0 aliphatic carbocycles. The summed E-state index contributed by atoms with van der Waals surface area (Å²) in [6.07, 6.45) is 9.17. The zero-order chi connectivity index (χ0) is 28.8. The topological polar surface area (TPSA) is 117 Å². The summed E-state index contributed by atoms with van der Waals surface area (Å²) in [4.78, 5) is 40.8. The van der Waals surface area contributed by atoms with Gasteiger partial charge in [0.25, 0.3) is 5.91 Å². The van der Waals surface area contributed by atoms with Crippen LogP contribution in [-0.4, -0.2) is 82.2 Å². The molecule has 0 spiro atoms. The minimum absolute atomic E-state index is 0. The van der Waals surface area contributed by atoms with E-state index in [4.69, 9.17) is 4.74 Å². The van der Waals surface area contributed by atoms with Gasteiger partial charge in [0.15, 0.2) is 0 Å². The number of nitrogens with zero attached hydrogens (tertiary/aromatic N) is 6. The molecule has 6 rings (SSSR count). The summed E-state index contributed by atoms with van der Waals surface area (Å²) in [5, 5.41) is 10.3. The van der Waals surface area contributed by atoms with Crippen molar-refractivity contribution in [1.29, 1.82) is 0 Å². The Morgan fingerprint density at radius 3 is 2.63 bits per heavy atom. The lowest BCUT2D eigenvalue weighted by Gasteiger charge is -2.27. The molecule has 2 N–H and O–H groups in total. The average Bonchev–Trinajstić information content (AvgIpc) is 3.75. The van der Waals surface area contributed by atoms with Gasteiger partial charge >= 0.3 is 0 Å². The molecule has 4 aromatic rings. The number of hydrogen-bond donors (Lipinski definition) is 2. The van der Waals surface area contributed by atoms with Crippen LogP contribution < -0.4 is 15.5 Å². The molecule has 41 heavy (non-hydrogen) atoms. The van der Waals surface area contributed by atoms with E-state index in [1.54, 1.807) is 23.0 Å². The highest BCUT2D eigenvalue weighted by molar-refractivity contribution is 7.21. The summed E-state index contributed by atoms with van der Waals surface area (Å²) in [5.74, 6) is 0.542. The molecule has 218 valence electrons. The van der Waals surface area contributed by atoms with E-state index in [0.29, 0.717) is 42.4 Å². The number of thiazole rings is 1. The lowest BCUT2D eigenvalue weighted by Crippen LogP contribution is -2.36. The van der Waals surface area contributed by atoms with Crippen LogP contribution in [0.1, 0.15) is 31.7 Å². The van der Waals surface area contributed by atoms with Gasteiger partial charge in [-0.25, -0.2) is 9.50 Å². The molecule has 4 aromatic heterocycles. The fourth-order valence-electron chi connectivity index (χ4n) is 4.87. The van der Waals surface area contributed by atoms with E-state index in [-0.39, 0.29) is 14.7 Å². The second kappa shape index (κ2) is 13.0. The number of hydrogen-bond acceptors (Lipinski definition) is 9. The molecule has 0 bridgehead atoms. The quantitative estimate of drug-likeness (QED) is 0.306. The van der Waals surface area contributed by atoms with Gasteiger partial charge in [-0.05, 0) is 56.6 Å². The molecule has 6 heterocycles. The highest BCUT2D eigenvalue weighted by Crippen LogP contribution is 2.32. The maximum absolute atomic E-state index is 13.3. The number of amides is 2. The zero-order valence-corrected chi connectivity index (χ0v) is 24.0. The summed E-state index contributed by atoms with van der Waals surface area (Å²) in [6.45, 7) is 13.1. The first-order valence-electron chi connectivity index (χ1n) is 13.6. The van der Waals surface area contributed by atoms with Crippen molar-refractivity contribution in [3.05, 3.63) is 67.4 Å². The van der Waals surface area contributed by atoms with Crippen molar-refractivity contribution in [2.45, 2.75) is 19.8 Å². The van der Waals surface area contributed by atoms with E-state index >= 15 is 0 Å². The molecule has 11 nitrogen and oxygen atoms in total. The Balaban J connectivity index is 0.00000124. The Labute approximate surface area is 245 Å². The van der Waals surface area contributed by atoms with Crippen molar-refractivity contribution in [2.75, 3.05) is 61.5 Å². The van der Waals surface area contributed by atoms with Crippen molar-refractivity contribution in [3.63, 3.8) is 0 Å². The van der Waals surface area contributed by atoms with Gasteiger partial charge in [-0.2, -0.15) is 5.10 Å². The van der Waals surface area contributed by atoms with Gasteiger partial charge in [-0.15, -0.1) is 24.5 Å². The maximum Gasteiger partial charge on any atom is 0.260 e. The molecule has 12 heteroatoms. The zero-order valence-electron chi connectivity index (χ0n) is 23.1. The first-order chi connectivity index (χ1) is 20.0. The third kappa shape index (κ3) is 6.62. The molecular formula is C29H38N8O3S. The molecule has 2 aliphatic heterocycles. The lowest BCUT2D eigenvalue weighted by atomic mass is 10.2. The van der Waals surface area contributed by atoms with Crippen LogP contribution in [0.3, 0.4) is 0 Å². The normalized spacial score (nSPS) is 15.4. The minimum Gasteiger partial charge on any atom is -0.378 e. The largest absolute Gasteiger partial charge is 0.378 e. The van der Waals surface area contributed by atoms with Gasteiger partial charge in [0, 0.05) is 28.3 Å². The predicted molar refractivity (Wildman–Crippen MR) is 166 cm³/mol. The molecule has 0 unspecified atom stereocenters. The molecule has 0 aromatic carbocycles. The van der Waals surface area contributed by atoms with E-state index < -0.39 is 0 Å². The van der Waals surface area contributed by atoms with E-state index in [1.807, 2.05) is 25.4 Å². The van der Waals surface area contributed by atoms with Crippen LogP contribution in [-0.2, 0) is 9.53 Å². The second-order valence-electron chi connectivity index (χ2n) is 9.75. The van der Waals surface area contributed by atoms with Crippen molar-refractivity contribution in [3.8, 4) is 10.4 Å². The van der Waals surface area contributed by atoms with Gasteiger partial charge in [-0.1, -0.05) is 0 Å². The Kier molecular flexibility index (Phi) is 9.02. The molecule has 0 atom stereocenters.